The van der Waals surface area contributed by atoms with Crippen molar-refractivity contribution in [1.82, 2.24) is 35.3 Å². The van der Waals surface area contributed by atoms with Gasteiger partial charge in [-0.1, -0.05) is 0 Å². The first-order chi connectivity index (χ1) is 15.5. The molecule has 1 aromatic carbocycles. The average molecular weight is 436 g/mol. The number of nitrogens with zero attached hydrogens (tertiary/aromatic N) is 6. The SMILES string of the molecule is CC(=O)NC[C@H]1CN(c2ccc(-c3ccn4c(-c5nnn[nH]5)cnc4c3)c(F)c2)C(=O)O1. The van der Waals surface area contributed by atoms with E-state index in [2.05, 4.69) is 30.9 Å². The molecule has 1 aliphatic heterocycles. The molecule has 0 saturated carbocycles. The number of amides is 2. The molecule has 2 N–H and O–H groups in total. The minimum atomic E-state index is -0.583. The van der Waals surface area contributed by atoms with Crippen LogP contribution < -0.4 is 10.2 Å². The van der Waals surface area contributed by atoms with Crippen molar-refractivity contribution in [2.45, 2.75) is 13.0 Å². The van der Waals surface area contributed by atoms with Crippen molar-refractivity contribution in [3.63, 3.8) is 0 Å². The fraction of sp³-hybridized carbons (Fsp3) is 0.200. The lowest BCUT2D eigenvalue weighted by Crippen LogP contribution is -2.33. The van der Waals surface area contributed by atoms with Gasteiger partial charge in [-0.25, -0.2) is 19.3 Å². The predicted octanol–water partition coefficient (Wildman–Crippen LogP) is 1.78. The maximum Gasteiger partial charge on any atom is 0.414 e. The summed E-state index contributed by atoms with van der Waals surface area (Å²) in [6.45, 7) is 1.81. The Balaban J connectivity index is 1.39. The molecule has 1 aliphatic rings. The topological polar surface area (TPSA) is 130 Å². The number of carbonyl (C=O) groups is 2. The van der Waals surface area contributed by atoms with Crippen molar-refractivity contribution < 1.29 is 18.7 Å². The largest absolute Gasteiger partial charge is 0.442 e. The van der Waals surface area contributed by atoms with Crippen LogP contribution in [0.15, 0.2) is 42.7 Å². The van der Waals surface area contributed by atoms with Crippen molar-refractivity contribution in [2.75, 3.05) is 18.0 Å². The van der Waals surface area contributed by atoms with Crippen LogP contribution in [-0.2, 0) is 9.53 Å². The van der Waals surface area contributed by atoms with E-state index in [0.717, 1.165) is 0 Å². The number of anilines is 1. The molecule has 0 unspecified atom stereocenters. The number of H-pyrrole nitrogens is 1. The fourth-order valence-electron chi connectivity index (χ4n) is 3.59. The molecule has 5 rings (SSSR count). The Morgan fingerprint density at radius 2 is 2.22 bits per heavy atom. The summed E-state index contributed by atoms with van der Waals surface area (Å²) < 4.78 is 22.0. The van der Waals surface area contributed by atoms with Crippen LogP contribution in [-0.4, -0.2) is 61.2 Å². The number of halogens is 1. The Morgan fingerprint density at radius 3 is 2.97 bits per heavy atom. The Hall–Kier alpha value is -4.35. The summed E-state index contributed by atoms with van der Waals surface area (Å²) in [6.07, 6.45) is 2.30. The van der Waals surface area contributed by atoms with E-state index in [1.165, 1.54) is 17.9 Å². The number of hydrogen-bond donors (Lipinski definition) is 2. The van der Waals surface area contributed by atoms with Crippen LogP contribution in [0, 0.1) is 5.82 Å². The van der Waals surface area contributed by atoms with E-state index in [-0.39, 0.29) is 19.0 Å². The Kier molecular flexibility index (Phi) is 4.73. The maximum absolute atomic E-state index is 15.0. The number of ether oxygens (including phenoxy) is 1. The second-order valence-corrected chi connectivity index (χ2v) is 7.25. The van der Waals surface area contributed by atoms with Crippen LogP contribution in [0.2, 0.25) is 0 Å². The van der Waals surface area contributed by atoms with Gasteiger partial charge in [0.2, 0.25) is 5.91 Å². The highest BCUT2D eigenvalue weighted by molar-refractivity contribution is 5.90. The quantitative estimate of drug-likeness (QED) is 0.488. The first-order valence-corrected chi connectivity index (χ1v) is 9.73. The van der Waals surface area contributed by atoms with Gasteiger partial charge in [0.15, 0.2) is 5.82 Å². The third-order valence-electron chi connectivity index (χ3n) is 5.13. The average Bonchev–Trinajstić information content (AvgIpc) is 3.51. The molecule has 0 radical (unpaired) electrons. The van der Waals surface area contributed by atoms with Crippen LogP contribution in [0.1, 0.15) is 6.92 Å². The number of imidazole rings is 1. The van der Waals surface area contributed by atoms with Crippen molar-refractivity contribution in [3.05, 3.63) is 48.5 Å². The number of carbonyl (C=O) groups excluding carboxylic acids is 2. The summed E-state index contributed by atoms with van der Waals surface area (Å²) in [5.74, 6) is -0.236. The van der Waals surface area contributed by atoms with E-state index < -0.39 is 18.0 Å². The molecule has 1 fully saturated rings. The number of tetrazole rings is 1. The molecule has 4 aromatic rings. The first-order valence-electron chi connectivity index (χ1n) is 9.73. The molecule has 32 heavy (non-hydrogen) atoms. The van der Waals surface area contributed by atoms with Gasteiger partial charge in [-0.15, -0.1) is 5.10 Å². The number of fused-ring (bicyclic) bond motifs is 1. The molecule has 4 heterocycles. The summed E-state index contributed by atoms with van der Waals surface area (Å²) in [5.41, 5.74) is 2.64. The minimum Gasteiger partial charge on any atom is -0.442 e. The number of aromatic amines is 1. The lowest BCUT2D eigenvalue weighted by Gasteiger charge is -2.14. The Labute approximate surface area is 180 Å². The monoisotopic (exact) mass is 436 g/mol. The van der Waals surface area contributed by atoms with Crippen molar-refractivity contribution >= 4 is 23.3 Å². The third-order valence-corrected chi connectivity index (χ3v) is 5.13. The minimum absolute atomic E-state index is 0.203. The van der Waals surface area contributed by atoms with Crippen LogP contribution in [0.25, 0.3) is 28.3 Å². The number of benzene rings is 1. The Bertz CT molecular complexity index is 1320. The molecular weight excluding hydrogens is 419 g/mol. The van der Waals surface area contributed by atoms with Gasteiger partial charge in [-0.2, -0.15) is 0 Å². The summed E-state index contributed by atoms with van der Waals surface area (Å²) in [7, 11) is 0. The maximum atomic E-state index is 15.0. The number of pyridine rings is 1. The van der Waals surface area contributed by atoms with Crippen LogP contribution in [0.4, 0.5) is 14.9 Å². The second kappa shape index (κ2) is 7.72. The summed E-state index contributed by atoms with van der Waals surface area (Å²) in [5, 5.41) is 16.3. The van der Waals surface area contributed by atoms with Gasteiger partial charge in [0.25, 0.3) is 0 Å². The lowest BCUT2D eigenvalue weighted by atomic mass is 10.1. The molecule has 3 aromatic heterocycles. The Morgan fingerprint density at radius 1 is 1.34 bits per heavy atom. The van der Waals surface area contributed by atoms with Gasteiger partial charge < -0.3 is 10.1 Å². The summed E-state index contributed by atoms with van der Waals surface area (Å²) in [6, 6.07) is 8.06. The van der Waals surface area contributed by atoms with Gasteiger partial charge in [0.05, 0.1) is 25.0 Å². The van der Waals surface area contributed by atoms with Crippen LogP contribution in [0.3, 0.4) is 0 Å². The van der Waals surface area contributed by atoms with Gasteiger partial charge in [0.1, 0.15) is 23.3 Å². The summed E-state index contributed by atoms with van der Waals surface area (Å²) >= 11 is 0. The highest BCUT2D eigenvalue weighted by Crippen LogP contribution is 2.30. The molecule has 2 amide bonds. The molecule has 0 spiro atoms. The van der Waals surface area contributed by atoms with E-state index in [4.69, 9.17) is 4.74 Å². The molecule has 162 valence electrons. The van der Waals surface area contributed by atoms with Gasteiger partial charge in [-0.05, 0) is 46.3 Å². The van der Waals surface area contributed by atoms with E-state index in [1.807, 2.05) is 0 Å². The number of aromatic nitrogens is 6. The third kappa shape index (κ3) is 3.51. The fourth-order valence-corrected chi connectivity index (χ4v) is 3.59. The highest BCUT2D eigenvalue weighted by Gasteiger charge is 2.32. The van der Waals surface area contributed by atoms with Crippen molar-refractivity contribution in [3.8, 4) is 22.6 Å². The van der Waals surface area contributed by atoms with Crippen molar-refractivity contribution in [2.24, 2.45) is 0 Å². The van der Waals surface area contributed by atoms with Crippen LogP contribution in [0.5, 0.6) is 0 Å². The standard InChI is InChI=1S/C20H17FN8O3/c1-11(30)22-8-14-10-29(20(31)32-14)13-2-3-15(16(21)7-13)12-4-5-28-17(9-23-18(28)6-12)19-24-26-27-25-19/h2-7,9,14H,8,10H2,1H3,(H,22,30)(H,24,25,26,27)/t14-/m0/s1. The van der Waals surface area contributed by atoms with E-state index >= 15 is 4.39 Å². The van der Waals surface area contributed by atoms with E-state index in [9.17, 15) is 9.59 Å². The first kappa shape index (κ1) is 19.6. The zero-order valence-electron chi connectivity index (χ0n) is 16.8. The van der Waals surface area contributed by atoms with Crippen LogP contribution >= 0.6 is 0 Å². The van der Waals surface area contributed by atoms with Gasteiger partial charge >= 0.3 is 6.09 Å². The molecule has 11 nitrogen and oxygen atoms in total. The number of cyclic esters (lactones) is 1. The number of hydrogen-bond acceptors (Lipinski definition) is 7. The number of nitrogens with one attached hydrogen (secondary N) is 2. The molecule has 1 atom stereocenters. The highest BCUT2D eigenvalue weighted by atomic mass is 19.1. The van der Waals surface area contributed by atoms with Gasteiger partial charge in [-0.3, -0.25) is 14.1 Å². The zero-order valence-corrected chi connectivity index (χ0v) is 16.8. The molecule has 0 aliphatic carbocycles. The molecular formula is C20H17FN8O3. The molecule has 12 heteroatoms. The normalized spacial score (nSPS) is 15.9. The molecule has 0 bridgehead atoms. The van der Waals surface area contributed by atoms with E-state index in [0.29, 0.717) is 34.0 Å². The zero-order chi connectivity index (χ0) is 22.2. The predicted molar refractivity (Wildman–Crippen MR) is 110 cm³/mol. The van der Waals surface area contributed by atoms with E-state index in [1.54, 1.807) is 41.1 Å². The smallest absolute Gasteiger partial charge is 0.414 e. The number of rotatable bonds is 5. The van der Waals surface area contributed by atoms with Crippen molar-refractivity contribution in [1.29, 1.82) is 0 Å². The second-order valence-electron chi connectivity index (χ2n) is 7.25. The lowest BCUT2D eigenvalue weighted by molar-refractivity contribution is -0.119. The van der Waals surface area contributed by atoms with Gasteiger partial charge in [0, 0.05) is 18.7 Å². The molecule has 1 saturated heterocycles. The summed E-state index contributed by atoms with van der Waals surface area (Å²) in [4.78, 5) is 28.9.